The molecule has 1 aromatic carbocycles. The Kier molecular flexibility index (Phi) is 5.81. The number of hydrogen-bond acceptors (Lipinski definition) is 5. The predicted molar refractivity (Wildman–Crippen MR) is 121 cm³/mol. The molecule has 5 rings (SSSR count). The summed E-state index contributed by atoms with van der Waals surface area (Å²) in [6.07, 6.45) is 7.15. The molecule has 0 bridgehead atoms. The molecule has 0 spiro atoms. The first-order valence-corrected chi connectivity index (χ1v) is 11.3. The minimum Gasteiger partial charge on any atom is -0.328 e. The average Bonchev–Trinajstić information content (AvgIpc) is 2.85. The molecule has 1 fully saturated rings. The van der Waals surface area contributed by atoms with E-state index in [2.05, 4.69) is 20.9 Å². The van der Waals surface area contributed by atoms with E-state index in [-0.39, 0.29) is 17.5 Å². The van der Waals surface area contributed by atoms with Gasteiger partial charge in [-0.05, 0) is 43.0 Å². The van der Waals surface area contributed by atoms with Gasteiger partial charge >= 0.3 is 0 Å². The first kappa shape index (κ1) is 20.6. The number of H-pyrrole nitrogens is 1. The van der Waals surface area contributed by atoms with E-state index in [9.17, 15) is 9.59 Å². The molecule has 1 unspecified atom stereocenters. The highest BCUT2D eigenvalue weighted by Gasteiger charge is 2.32. The van der Waals surface area contributed by atoms with Crippen molar-refractivity contribution in [1.82, 2.24) is 24.8 Å². The van der Waals surface area contributed by atoms with Gasteiger partial charge in [0.2, 0.25) is 0 Å². The molecule has 164 valence electrons. The van der Waals surface area contributed by atoms with Crippen LogP contribution in [0, 0.1) is 0 Å². The Hall–Kier alpha value is -3.32. The Balaban J connectivity index is 1.38. The molecule has 2 aliphatic rings. The zero-order valence-corrected chi connectivity index (χ0v) is 18.0. The van der Waals surface area contributed by atoms with Crippen LogP contribution in [0.15, 0.2) is 59.7 Å². The van der Waals surface area contributed by atoms with Crippen molar-refractivity contribution in [1.29, 1.82) is 0 Å². The van der Waals surface area contributed by atoms with Gasteiger partial charge in [0.05, 0.1) is 17.3 Å². The number of aromatic amines is 1. The van der Waals surface area contributed by atoms with Gasteiger partial charge in [-0.3, -0.25) is 19.5 Å². The molecular formula is C25H27N5O2. The molecule has 7 nitrogen and oxygen atoms in total. The molecule has 0 aliphatic carbocycles. The number of piperidine rings is 1. The van der Waals surface area contributed by atoms with Crippen LogP contribution in [0.4, 0.5) is 0 Å². The number of hydrogen-bond donors (Lipinski definition) is 1. The molecule has 0 radical (unpaired) electrons. The SMILES string of the molecule is O=C(c1ccccc1)N1CCCCC1c1nc2c(c(=O)[nH]1)CN(Cc1cccnc1)CC2. The average molecular weight is 430 g/mol. The van der Waals surface area contributed by atoms with Gasteiger partial charge in [0, 0.05) is 50.6 Å². The lowest BCUT2D eigenvalue weighted by Gasteiger charge is -2.36. The van der Waals surface area contributed by atoms with Crippen LogP contribution in [-0.4, -0.2) is 43.7 Å². The first-order chi connectivity index (χ1) is 15.7. The van der Waals surface area contributed by atoms with E-state index in [1.807, 2.05) is 47.5 Å². The topological polar surface area (TPSA) is 82.2 Å². The van der Waals surface area contributed by atoms with Crippen molar-refractivity contribution in [3.63, 3.8) is 0 Å². The van der Waals surface area contributed by atoms with Gasteiger partial charge < -0.3 is 9.88 Å². The molecule has 1 N–H and O–H groups in total. The van der Waals surface area contributed by atoms with Gasteiger partial charge in [-0.2, -0.15) is 0 Å². The molecule has 3 aromatic rings. The van der Waals surface area contributed by atoms with Crippen molar-refractivity contribution in [3.05, 3.63) is 93.4 Å². The summed E-state index contributed by atoms with van der Waals surface area (Å²) in [5.74, 6) is 0.622. The number of fused-ring (bicyclic) bond motifs is 1. The number of pyridine rings is 1. The molecule has 7 heteroatoms. The summed E-state index contributed by atoms with van der Waals surface area (Å²) in [6, 6.07) is 13.1. The van der Waals surface area contributed by atoms with E-state index in [0.717, 1.165) is 55.6 Å². The fraction of sp³-hybridized carbons (Fsp3) is 0.360. The zero-order valence-electron chi connectivity index (χ0n) is 18.0. The Morgan fingerprint density at radius 3 is 2.78 bits per heavy atom. The van der Waals surface area contributed by atoms with Crippen molar-refractivity contribution in [2.24, 2.45) is 0 Å². The summed E-state index contributed by atoms with van der Waals surface area (Å²) < 4.78 is 0. The van der Waals surface area contributed by atoms with E-state index in [0.29, 0.717) is 24.5 Å². The molecule has 0 saturated carbocycles. The summed E-state index contributed by atoms with van der Waals surface area (Å²) in [5.41, 5.74) is 3.32. The van der Waals surface area contributed by atoms with E-state index < -0.39 is 0 Å². The lowest BCUT2D eigenvalue weighted by Crippen LogP contribution is -2.41. The van der Waals surface area contributed by atoms with Gasteiger partial charge in [0.15, 0.2) is 0 Å². The summed E-state index contributed by atoms with van der Waals surface area (Å²) in [6.45, 7) is 2.85. The van der Waals surface area contributed by atoms with Crippen molar-refractivity contribution in [2.75, 3.05) is 13.1 Å². The van der Waals surface area contributed by atoms with Crippen LogP contribution >= 0.6 is 0 Å². The number of carbonyl (C=O) groups is 1. The minimum absolute atomic E-state index is 0.00156. The molecule has 1 atom stereocenters. The van der Waals surface area contributed by atoms with Crippen LogP contribution < -0.4 is 5.56 Å². The number of nitrogens with one attached hydrogen (secondary N) is 1. The number of amides is 1. The second kappa shape index (κ2) is 9.04. The maximum atomic E-state index is 13.2. The summed E-state index contributed by atoms with van der Waals surface area (Å²) >= 11 is 0. The van der Waals surface area contributed by atoms with E-state index in [4.69, 9.17) is 4.98 Å². The first-order valence-electron chi connectivity index (χ1n) is 11.3. The molecular weight excluding hydrogens is 402 g/mol. The van der Waals surface area contributed by atoms with Gasteiger partial charge in [-0.15, -0.1) is 0 Å². The quantitative estimate of drug-likeness (QED) is 0.689. The number of nitrogens with zero attached hydrogens (tertiary/aromatic N) is 4. The second-order valence-electron chi connectivity index (χ2n) is 8.57. The second-order valence-corrected chi connectivity index (χ2v) is 8.57. The maximum Gasteiger partial charge on any atom is 0.255 e. The van der Waals surface area contributed by atoms with Crippen LogP contribution in [0.1, 0.15) is 58.3 Å². The number of carbonyl (C=O) groups excluding carboxylic acids is 1. The number of aromatic nitrogens is 3. The summed E-state index contributed by atoms with van der Waals surface area (Å²) in [7, 11) is 0. The molecule has 2 aromatic heterocycles. The van der Waals surface area contributed by atoms with Gasteiger partial charge in [0.1, 0.15) is 5.82 Å². The van der Waals surface area contributed by atoms with E-state index in [1.54, 1.807) is 6.20 Å². The zero-order chi connectivity index (χ0) is 21.9. The van der Waals surface area contributed by atoms with E-state index >= 15 is 0 Å². The molecule has 2 aliphatic heterocycles. The third-order valence-electron chi connectivity index (χ3n) is 6.40. The van der Waals surface area contributed by atoms with Crippen LogP contribution in [-0.2, 0) is 19.5 Å². The highest BCUT2D eigenvalue weighted by molar-refractivity contribution is 5.94. The summed E-state index contributed by atoms with van der Waals surface area (Å²) in [5, 5.41) is 0. The molecule has 1 amide bonds. The highest BCUT2D eigenvalue weighted by Crippen LogP contribution is 2.30. The summed E-state index contributed by atoms with van der Waals surface area (Å²) in [4.78, 5) is 42.4. The number of likely N-dealkylation sites (tertiary alicyclic amines) is 1. The Morgan fingerprint density at radius 1 is 1.09 bits per heavy atom. The van der Waals surface area contributed by atoms with Crippen molar-refractivity contribution >= 4 is 5.91 Å². The Labute approximate surface area is 187 Å². The van der Waals surface area contributed by atoms with Crippen molar-refractivity contribution < 1.29 is 4.79 Å². The van der Waals surface area contributed by atoms with Crippen LogP contribution in [0.2, 0.25) is 0 Å². The predicted octanol–water partition coefficient (Wildman–Crippen LogP) is 3.09. The highest BCUT2D eigenvalue weighted by atomic mass is 16.2. The monoisotopic (exact) mass is 429 g/mol. The molecule has 1 saturated heterocycles. The van der Waals surface area contributed by atoms with Gasteiger partial charge in [-0.1, -0.05) is 24.3 Å². The lowest BCUT2D eigenvalue weighted by atomic mass is 9.99. The van der Waals surface area contributed by atoms with Crippen LogP contribution in [0.3, 0.4) is 0 Å². The molecule has 32 heavy (non-hydrogen) atoms. The fourth-order valence-electron chi connectivity index (χ4n) is 4.75. The minimum atomic E-state index is -0.192. The largest absolute Gasteiger partial charge is 0.328 e. The van der Waals surface area contributed by atoms with Gasteiger partial charge in [0.25, 0.3) is 11.5 Å². The van der Waals surface area contributed by atoms with Gasteiger partial charge in [-0.25, -0.2) is 4.98 Å². The maximum absolute atomic E-state index is 13.2. The Bertz CT molecular complexity index is 1150. The lowest BCUT2D eigenvalue weighted by molar-refractivity contribution is 0.0598. The normalized spacial score (nSPS) is 18.9. The molecule has 4 heterocycles. The van der Waals surface area contributed by atoms with E-state index in [1.165, 1.54) is 0 Å². The third-order valence-corrected chi connectivity index (χ3v) is 6.40. The fourth-order valence-corrected chi connectivity index (χ4v) is 4.75. The van der Waals surface area contributed by atoms with Crippen molar-refractivity contribution in [2.45, 2.75) is 44.8 Å². The van der Waals surface area contributed by atoms with Crippen LogP contribution in [0.25, 0.3) is 0 Å². The standard InChI is InChI=1S/C25H27N5O2/c31-24-20-17-29(16-18-7-6-12-26-15-18)14-11-21(20)27-23(28-24)22-10-4-5-13-30(22)25(32)19-8-2-1-3-9-19/h1-3,6-9,12,15,22H,4-5,10-11,13-14,16-17H2,(H,27,28,31). The Morgan fingerprint density at radius 2 is 1.97 bits per heavy atom. The smallest absolute Gasteiger partial charge is 0.255 e. The van der Waals surface area contributed by atoms with Crippen molar-refractivity contribution in [3.8, 4) is 0 Å². The number of benzene rings is 1. The third kappa shape index (κ3) is 4.21. The van der Waals surface area contributed by atoms with Crippen LogP contribution in [0.5, 0.6) is 0 Å². The number of rotatable bonds is 4.